The van der Waals surface area contributed by atoms with Gasteiger partial charge < -0.3 is 5.11 Å². The van der Waals surface area contributed by atoms with Crippen LogP contribution in [0.2, 0.25) is 0 Å². The summed E-state index contributed by atoms with van der Waals surface area (Å²) in [6, 6.07) is 0. The number of alkyl halides is 6. The molecular formula is C8H6ClF5N2O2. The van der Waals surface area contributed by atoms with E-state index in [1.165, 1.54) is 6.92 Å². The Morgan fingerprint density at radius 1 is 1.39 bits per heavy atom. The lowest BCUT2D eigenvalue weighted by molar-refractivity contribution is -0.142. The van der Waals surface area contributed by atoms with E-state index in [0.717, 1.165) is 0 Å². The van der Waals surface area contributed by atoms with Gasteiger partial charge in [-0.1, -0.05) is 0 Å². The van der Waals surface area contributed by atoms with E-state index in [0.29, 0.717) is 0 Å². The minimum atomic E-state index is -5.16. The zero-order chi connectivity index (χ0) is 14.3. The number of aryl methyl sites for hydroxylation is 1. The van der Waals surface area contributed by atoms with Crippen molar-refractivity contribution in [1.82, 2.24) is 9.78 Å². The first-order chi connectivity index (χ1) is 8.00. The molecule has 0 spiro atoms. The molecule has 1 aromatic heterocycles. The Hall–Kier alpha value is -1.38. The van der Waals surface area contributed by atoms with Crippen LogP contribution in [0.5, 0.6) is 0 Å². The lowest BCUT2D eigenvalue weighted by Gasteiger charge is -2.10. The summed E-state index contributed by atoms with van der Waals surface area (Å²) in [6.45, 7) is 0.846. The Balaban J connectivity index is 3.69. The van der Waals surface area contributed by atoms with Gasteiger partial charge in [0.05, 0.1) is 0 Å². The smallest absolute Gasteiger partial charge is 0.436 e. The third-order valence-corrected chi connectivity index (χ3v) is 2.18. The molecule has 18 heavy (non-hydrogen) atoms. The number of rotatable bonds is 3. The predicted molar refractivity (Wildman–Crippen MR) is 49.6 cm³/mol. The third kappa shape index (κ3) is 2.55. The molecule has 1 rings (SSSR count). The van der Waals surface area contributed by atoms with Gasteiger partial charge in [0.1, 0.15) is 11.3 Å². The van der Waals surface area contributed by atoms with E-state index in [9.17, 15) is 26.7 Å². The summed E-state index contributed by atoms with van der Waals surface area (Å²) in [4.78, 5) is 10.7. The second kappa shape index (κ2) is 4.38. The summed E-state index contributed by atoms with van der Waals surface area (Å²) in [7, 11) is 0. The zero-order valence-corrected chi connectivity index (χ0v) is 9.48. The molecule has 0 aliphatic heterocycles. The molecule has 1 heterocycles. The Kier molecular flexibility index (Phi) is 3.57. The number of halogens is 6. The van der Waals surface area contributed by atoms with E-state index in [1.54, 1.807) is 0 Å². The molecule has 102 valence electrons. The van der Waals surface area contributed by atoms with E-state index in [2.05, 4.69) is 16.7 Å². The molecule has 1 aromatic rings. The normalized spacial score (nSPS) is 12.8. The van der Waals surface area contributed by atoms with Crippen molar-refractivity contribution in [2.75, 3.05) is 0 Å². The van der Waals surface area contributed by atoms with Crippen LogP contribution in [0.15, 0.2) is 0 Å². The van der Waals surface area contributed by atoms with Crippen LogP contribution in [-0.4, -0.2) is 20.9 Å². The number of carboxylic acid groups (broad SMARTS) is 1. The average Bonchev–Trinajstić information content (AvgIpc) is 2.54. The molecule has 0 unspecified atom stereocenters. The number of hydrogen-bond acceptors (Lipinski definition) is 2. The highest BCUT2D eigenvalue weighted by atomic mass is 35.5. The number of aromatic nitrogens is 2. The van der Waals surface area contributed by atoms with Crippen LogP contribution in [0.3, 0.4) is 0 Å². The maximum absolute atomic E-state index is 13.0. The van der Waals surface area contributed by atoms with Gasteiger partial charge in [0.15, 0.2) is 5.69 Å². The van der Waals surface area contributed by atoms with Gasteiger partial charge in [-0.05, 0) is 18.5 Å². The molecule has 1 N–H and O–H groups in total. The Morgan fingerprint density at radius 2 is 1.89 bits per heavy atom. The van der Waals surface area contributed by atoms with E-state index < -0.39 is 34.5 Å². The van der Waals surface area contributed by atoms with Gasteiger partial charge in [-0.15, -0.1) is 0 Å². The van der Waals surface area contributed by atoms with Crippen molar-refractivity contribution in [3.05, 3.63) is 17.0 Å². The number of carbonyl (C=O) groups is 1. The van der Waals surface area contributed by atoms with Crippen molar-refractivity contribution in [1.29, 1.82) is 0 Å². The summed E-state index contributed by atoms with van der Waals surface area (Å²) < 4.78 is 63.7. The molecule has 0 radical (unpaired) electrons. The van der Waals surface area contributed by atoms with Crippen molar-refractivity contribution < 1.29 is 31.9 Å². The summed E-state index contributed by atoms with van der Waals surface area (Å²) in [6.07, 6.45) is -5.16. The summed E-state index contributed by atoms with van der Waals surface area (Å²) in [5.74, 6) is -2.17. The van der Waals surface area contributed by atoms with Crippen LogP contribution in [0.4, 0.5) is 22.0 Å². The zero-order valence-electron chi connectivity index (χ0n) is 8.72. The molecule has 0 aliphatic rings. The number of hydrogen-bond donors (Lipinski definition) is 1. The standard InChI is InChI=1S/C8H6ClF5N2O2/c1-2-16-5(7(9,10)11)3(6(17)18)4(15-16)8(12,13)14/h2H2,1H3,(H,17,18). The number of nitrogens with zero attached hydrogens (tertiary/aromatic N) is 2. The van der Waals surface area contributed by atoms with Gasteiger partial charge in [-0.2, -0.15) is 27.1 Å². The van der Waals surface area contributed by atoms with Crippen LogP contribution in [0.25, 0.3) is 0 Å². The lowest BCUT2D eigenvalue weighted by Crippen LogP contribution is -2.17. The van der Waals surface area contributed by atoms with E-state index in [4.69, 9.17) is 5.11 Å². The summed E-state index contributed by atoms with van der Waals surface area (Å²) in [5, 5.41) is 7.21. The summed E-state index contributed by atoms with van der Waals surface area (Å²) in [5.41, 5.74) is -5.01. The molecule has 0 saturated heterocycles. The predicted octanol–water partition coefficient (Wildman–Crippen LogP) is 2.91. The van der Waals surface area contributed by atoms with Crippen LogP contribution in [-0.2, 0) is 18.1 Å². The molecule has 0 fully saturated rings. The monoisotopic (exact) mass is 292 g/mol. The van der Waals surface area contributed by atoms with Crippen molar-refractivity contribution in [2.24, 2.45) is 0 Å². The van der Waals surface area contributed by atoms with Gasteiger partial charge >= 0.3 is 17.5 Å². The lowest BCUT2D eigenvalue weighted by atomic mass is 10.1. The van der Waals surface area contributed by atoms with Gasteiger partial charge in [0.2, 0.25) is 0 Å². The van der Waals surface area contributed by atoms with Crippen molar-refractivity contribution >= 4 is 17.6 Å². The molecule has 0 atom stereocenters. The van der Waals surface area contributed by atoms with Gasteiger partial charge in [0.25, 0.3) is 0 Å². The first kappa shape index (κ1) is 14.7. The van der Waals surface area contributed by atoms with Crippen LogP contribution >= 0.6 is 11.6 Å². The quantitative estimate of drug-likeness (QED) is 0.688. The minimum Gasteiger partial charge on any atom is -0.478 e. The van der Waals surface area contributed by atoms with Crippen molar-refractivity contribution in [3.63, 3.8) is 0 Å². The number of carboxylic acids is 1. The molecule has 0 aromatic carbocycles. The molecule has 10 heteroatoms. The Labute approximate surface area is 102 Å². The van der Waals surface area contributed by atoms with Crippen molar-refractivity contribution in [3.8, 4) is 0 Å². The first-order valence-corrected chi connectivity index (χ1v) is 4.86. The third-order valence-electron chi connectivity index (χ3n) is 2.00. The Bertz CT molecular complexity index is 477. The maximum Gasteiger partial charge on any atom is 0.436 e. The van der Waals surface area contributed by atoms with E-state index in [-0.39, 0.29) is 11.2 Å². The molecule has 0 saturated carbocycles. The molecule has 0 bridgehead atoms. The largest absolute Gasteiger partial charge is 0.478 e. The second-order valence-electron chi connectivity index (χ2n) is 3.19. The average molecular weight is 293 g/mol. The topological polar surface area (TPSA) is 55.1 Å². The van der Waals surface area contributed by atoms with Gasteiger partial charge in [0, 0.05) is 6.54 Å². The highest BCUT2D eigenvalue weighted by molar-refractivity contribution is 6.22. The molecule has 4 nitrogen and oxygen atoms in total. The molecule has 0 aliphatic carbocycles. The van der Waals surface area contributed by atoms with Crippen LogP contribution in [0.1, 0.15) is 28.7 Å². The minimum absolute atomic E-state index is 0.222. The van der Waals surface area contributed by atoms with E-state index in [1.807, 2.05) is 0 Å². The highest BCUT2D eigenvalue weighted by Crippen LogP contribution is 2.40. The summed E-state index contributed by atoms with van der Waals surface area (Å²) >= 11 is 4.63. The van der Waals surface area contributed by atoms with Gasteiger partial charge in [-0.25, -0.2) is 4.79 Å². The van der Waals surface area contributed by atoms with E-state index >= 15 is 0 Å². The second-order valence-corrected chi connectivity index (χ2v) is 3.66. The fraction of sp³-hybridized carbons (Fsp3) is 0.500. The molecule has 0 amide bonds. The number of aromatic carboxylic acids is 1. The molecular weight excluding hydrogens is 287 g/mol. The van der Waals surface area contributed by atoms with Crippen LogP contribution < -0.4 is 0 Å². The highest BCUT2D eigenvalue weighted by Gasteiger charge is 2.47. The SMILES string of the molecule is CCn1nc(C(F)(F)F)c(C(=O)O)c1C(F)(F)Cl. The van der Waals surface area contributed by atoms with Crippen molar-refractivity contribution in [2.45, 2.75) is 25.0 Å². The fourth-order valence-electron chi connectivity index (χ4n) is 1.38. The Morgan fingerprint density at radius 3 is 2.17 bits per heavy atom. The maximum atomic E-state index is 13.0. The van der Waals surface area contributed by atoms with Gasteiger partial charge in [-0.3, -0.25) is 4.68 Å². The fourth-order valence-corrected chi connectivity index (χ4v) is 1.57. The van der Waals surface area contributed by atoms with Crippen LogP contribution in [0, 0.1) is 0 Å². The first-order valence-electron chi connectivity index (χ1n) is 4.48.